The predicted molar refractivity (Wildman–Crippen MR) is 108 cm³/mol. The van der Waals surface area contributed by atoms with Crippen molar-refractivity contribution in [1.82, 2.24) is 15.3 Å². The van der Waals surface area contributed by atoms with E-state index in [1.165, 1.54) is 19.1 Å². The molecule has 3 aromatic rings. The zero-order chi connectivity index (χ0) is 21.0. The minimum Gasteiger partial charge on any atom is -0.491 e. The van der Waals surface area contributed by atoms with E-state index < -0.39 is 11.7 Å². The second-order valence-electron chi connectivity index (χ2n) is 5.94. The fourth-order valence-electron chi connectivity index (χ4n) is 2.44. The first-order valence-corrected chi connectivity index (χ1v) is 9.25. The Labute approximate surface area is 173 Å². The lowest BCUT2D eigenvalue weighted by atomic mass is 10.2. The third-order valence-corrected chi connectivity index (χ3v) is 4.23. The molecular weight excluding hydrogens is 445 g/mol. The highest BCUT2D eigenvalue weighted by atomic mass is 79.9. The second-order valence-corrected chi connectivity index (χ2v) is 6.85. The molecule has 0 atom stereocenters. The van der Waals surface area contributed by atoms with Gasteiger partial charge in [0.25, 0.3) is 5.91 Å². The third kappa shape index (κ3) is 5.17. The smallest absolute Gasteiger partial charge is 0.286 e. The van der Waals surface area contributed by atoms with Crippen molar-refractivity contribution in [3.63, 3.8) is 0 Å². The molecule has 0 unspecified atom stereocenters. The number of ether oxygens (including phenoxy) is 1. The van der Waals surface area contributed by atoms with Crippen LogP contribution in [0.25, 0.3) is 10.9 Å². The Bertz CT molecular complexity index is 1090. The number of nitrogens with two attached hydrogens (primary N) is 1. The molecule has 0 aliphatic carbocycles. The average Bonchev–Trinajstić information content (AvgIpc) is 2.66. The van der Waals surface area contributed by atoms with Crippen LogP contribution >= 0.6 is 15.9 Å². The monoisotopic (exact) mass is 460 g/mol. The molecule has 2 amide bonds. The fraction of sp³-hybridized carbons (Fsp3) is 0.158. The Balaban J connectivity index is 1.94. The molecule has 0 fully saturated rings. The van der Waals surface area contributed by atoms with E-state index in [0.29, 0.717) is 27.7 Å². The van der Waals surface area contributed by atoms with E-state index in [-0.39, 0.29) is 29.8 Å². The number of hydrogen-bond acceptors (Lipinski definition) is 6. The van der Waals surface area contributed by atoms with Crippen LogP contribution in [0.15, 0.2) is 34.8 Å². The minimum atomic E-state index is -0.827. The average molecular weight is 461 g/mol. The quantitative estimate of drug-likeness (QED) is 0.466. The summed E-state index contributed by atoms with van der Waals surface area (Å²) in [4.78, 5) is 30.8. The molecule has 0 saturated carbocycles. The van der Waals surface area contributed by atoms with Gasteiger partial charge in [-0.05, 0) is 24.3 Å². The summed E-state index contributed by atoms with van der Waals surface area (Å²) < 4.78 is 20.3. The van der Waals surface area contributed by atoms with Gasteiger partial charge in [-0.1, -0.05) is 15.9 Å². The first-order chi connectivity index (χ1) is 13.8. The number of primary amides is 1. The van der Waals surface area contributed by atoms with Crippen LogP contribution in [0, 0.1) is 11.9 Å². The third-order valence-electron chi connectivity index (χ3n) is 3.74. The van der Waals surface area contributed by atoms with Crippen molar-refractivity contribution in [3.8, 4) is 5.75 Å². The summed E-state index contributed by atoms with van der Waals surface area (Å²) in [5.41, 5.74) is 5.86. The lowest BCUT2D eigenvalue weighted by Crippen LogP contribution is -2.25. The molecule has 8 nitrogen and oxygen atoms in total. The number of hydrogen-bond donors (Lipinski definition) is 3. The normalized spacial score (nSPS) is 10.6. The summed E-state index contributed by atoms with van der Waals surface area (Å²) >= 11 is 3.20. The topological polar surface area (TPSA) is 119 Å². The van der Waals surface area contributed by atoms with Gasteiger partial charge in [0, 0.05) is 28.9 Å². The van der Waals surface area contributed by atoms with Crippen LogP contribution in [0.5, 0.6) is 5.75 Å². The molecule has 0 saturated heterocycles. The summed E-state index contributed by atoms with van der Waals surface area (Å²) in [7, 11) is 0. The number of anilines is 2. The number of halogens is 2. The zero-order valence-corrected chi connectivity index (χ0v) is 16.8. The number of amides is 2. The summed E-state index contributed by atoms with van der Waals surface area (Å²) in [5, 5.41) is 5.96. The minimum absolute atomic E-state index is 0.161. The van der Waals surface area contributed by atoms with E-state index in [4.69, 9.17) is 10.5 Å². The van der Waals surface area contributed by atoms with E-state index in [1.54, 1.807) is 18.2 Å². The molecule has 0 aliphatic heterocycles. The highest BCUT2D eigenvalue weighted by molar-refractivity contribution is 9.10. The van der Waals surface area contributed by atoms with Crippen molar-refractivity contribution in [3.05, 3.63) is 52.5 Å². The molecular formula is C19H16BrFN5O3. The van der Waals surface area contributed by atoms with E-state index in [2.05, 4.69) is 42.6 Å². The summed E-state index contributed by atoms with van der Waals surface area (Å²) in [5.74, 6) is -1.16. The molecule has 3 rings (SSSR count). The van der Waals surface area contributed by atoms with E-state index in [1.807, 2.05) is 0 Å². The van der Waals surface area contributed by atoms with Crippen LogP contribution in [0.2, 0.25) is 0 Å². The number of carbonyl (C=O) groups is 2. The van der Waals surface area contributed by atoms with Gasteiger partial charge >= 0.3 is 0 Å². The number of aromatic nitrogens is 2. The van der Waals surface area contributed by atoms with Gasteiger partial charge in [-0.3, -0.25) is 9.59 Å². The van der Waals surface area contributed by atoms with E-state index >= 15 is 0 Å². The van der Waals surface area contributed by atoms with Crippen LogP contribution in [-0.2, 0) is 4.79 Å². The number of rotatable bonds is 7. The molecule has 149 valence electrons. The maximum absolute atomic E-state index is 14.2. The van der Waals surface area contributed by atoms with Crippen molar-refractivity contribution in [2.45, 2.75) is 6.92 Å². The van der Waals surface area contributed by atoms with Gasteiger partial charge in [-0.15, -0.1) is 0 Å². The van der Waals surface area contributed by atoms with E-state index in [0.717, 1.165) is 0 Å². The molecule has 1 aromatic heterocycles. The summed E-state index contributed by atoms with van der Waals surface area (Å²) in [6.07, 6.45) is 0. The van der Waals surface area contributed by atoms with Gasteiger partial charge < -0.3 is 21.1 Å². The number of benzene rings is 2. The van der Waals surface area contributed by atoms with Gasteiger partial charge in [0.05, 0.1) is 17.7 Å². The largest absolute Gasteiger partial charge is 0.491 e. The lowest BCUT2D eigenvalue weighted by Gasteiger charge is -2.12. The molecule has 29 heavy (non-hydrogen) atoms. The highest BCUT2D eigenvalue weighted by Gasteiger charge is 2.14. The van der Waals surface area contributed by atoms with Gasteiger partial charge in [0.2, 0.25) is 11.7 Å². The zero-order valence-electron chi connectivity index (χ0n) is 15.3. The first kappa shape index (κ1) is 20.5. The molecule has 0 aliphatic rings. The van der Waals surface area contributed by atoms with Crippen molar-refractivity contribution >= 4 is 50.2 Å². The highest BCUT2D eigenvalue weighted by Crippen LogP contribution is 2.28. The summed E-state index contributed by atoms with van der Waals surface area (Å²) in [6.45, 7) is 1.96. The number of fused-ring (bicyclic) bond motifs is 1. The van der Waals surface area contributed by atoms with Crippen molar-refractivity contribution < 1.29 is 18.7 Å². The Hall–Kier alpha value is -3.27. The van der Waals surface area contributed by atoms with Crippen LogP contribution in [0.4, 0.5) is 15.9 Å². The molecule has 4 N–H and O–H groups in total. The van der Waals surface area contributed by atoms with Gasteiger partial charge in [0.15, 0.2) is 0 Å². The number of nitrogens with one attached hydrogen (secondary N) is 2. The molecule has 2 aromatic carbocycles. The SMILES string of the molecule is CC(=O)NCCOc1[c]cc2c(Nc3ccc(Br)cc3F)nc(C(N)=O)nc2c1. The van der Waals surface area contributed by atoms with Gasteiger partial charge in [0.1, 0.15) is 24.0 Å². The Morgan fingerprint density at radius 2 is 2.10 bits per heavy atom. The van der Waals surface area contributed by atoms with E-state index in [9.17, 15) is 14.0 Å². The number of carbonyl (C=O) groups excluding carboxylic acids is 2. The maximum Gasteiger partial charge on any atom is 0.286 e. The molecule has 1 radical (unpaired) electrons. The van der Waals surface area contributed by atoms with Crippen LogP contribution in [-0.4, -0.2) is 34.9 Å². The van der Waals surface area contributed by atoms with Gasteiger partial charge in [-0.25, -0.2) is 14.4 Å². The predicted octanol–water partition coefficient (Wildman–Crippen LogP) is 2.69. The standard InChI is InChI=1S/C19H16BrFN5O3/c1-10(27)23-6-7-29-12-3-4-13-16(9-12)25-19(17(22)28)26-18(13)24-15-5-2-11(20)8-14(15)21/h2,4-5,8-9H,6-7H2,1H3,(H2,22,28)(H,23,27)(H,24,25,26). The number of nitrogens with zero attached hydrogens (tertiary/aromatic N) is 2. The Kier molecular flexibility index (Phi) is 6.23. The van der Waals surface area contributed by atoms with Crippen LogP contribution < -0.4 is 21.1 Å². The first-order valence-electron chi connectivity index (χ1n) is 8.46. The lowest BCUT2D eigenvalue weighted by molar-refractivity contribution is -0.119. The van der Waals surface area contributed by atoms with Crippen molar-refractivity contribution in [2.75, 3.05) is 18.5 Å². The summed E-state index contributed by atoms with van der Waals surface area (Å²) in [6, 6.07) is 10.5. The molecule has 0 bridgehead atoms. The maximum atomic E-state index is 14.2. The Morgan fingerprint density at radius 1 is 1.31 bits per heavy atom. The Morgan fingerprint density at radius 3 is 2.79 bits per heavy atom. The van der Waals surface area contributed by atoms with Gasteiger partial charge in [-0.2, -0.15) is 0 Å². The molecule has 10 heteroatoms. The van der Waals surface area contributed by atoms with Crippen molar-refractivity contribution in [2.24, 2.45) is 5.73 Å². The fourth-order valence-corrected chi connectivity index (χ4v) is 2.78. The molecule has 1 heterocycles. The van der Waals surface area contributed by atoms with Crippen molar-refractivity contribution in [1.29, 1.82) is 0 Å². The van der Waals surface area contributed by atoms with Crippen LogP contribution in [0.3, 0.4) is 0 Å². The van der Waals surface area contributed by atoms with Crippen LogP contribution in [0.1, 0.15) is 17.5 Å². The second kappa shape index (κ2) is 8.82. The molecule has 0 spiro atoms.